The van der Waals surface area contributed by atoms with E-state index in [0.717, 1.165) is 44.9 Å². The average Bonchev–Trinajstić information content (AvgIpc) is 3.51. The number of aliphatic hydroxyl groups excluding tert-OH is 2. The van der Waals surface area contributed by atoms with Gasteiger partial charge in [-0.1, -0.05) is 398 Å². The lowest BCUT2D eigenvalue weighted by molar-refractivity contribution is -0.143. The normalized spacial score (nSPS) is 12.5. The van der Waals surface area contributed by atoms with Gasteiger partial charge < -0.3 is 20.3 Å². The number of nitrogens with one attached hydrogen (secondary N) is 1. The summed E-state index contributed by atoms with van der Waals surface area (Å²) in [6, 6.07) is -0.541. The van der Waals surface area contributed by atoms with Crippen LogP contribution in [0.25, 0.3) is 0 Å². The van der Waals surface area contributed by atoms with Crippen LogP contribution in [0.3, 0.4) is 0 Å². The first-order valence-electron chi connectivity index (χ1n) is 38.9. The van der Waals surface area contributed by atoms with Gasteiger partial charge in [0, 0.05) is 12.8 Å². The van der Waals surface area contributed by atoms with Crippen LogP contribution < -0.4 is 5.32 Å². The molecule has 0 aromatic heterocycles. The van der Waals surface area contributed by atoms with Gasteiger partial charge in [0.15, 0.2) is 0 Å². The molecule has 3 N–H and O–H groups in total. The van der Waals surface area contributed by atoms with Crippen molar-refractivity contribution in [1.82, 2.24) is 5.32 Å². The largest absolute Gasteiger partial charge is 0.466 e. The molecule has 500 valence electrons. The Morgan fingerprint density at radius 2 is 0.560 bits per heavy atom. The number of amides is 1. The highest BCUT2D eigenvalue weighted by molar-refractivity contribution is 5.76. The van der Waals surface area contributed by atoms with Crippen LogP contribution >= 0.6 is 0 Å². The third-order valence-electron chi connectivity index (χ3n) is 18.6. The predicted octanol–water partition coefficient (Wildman–Crippen LogP) is 25.5. The molecule has 6 heteroatoms. The zero-order valence-corrected chi connectivity index (χ0v) is 57.4. The molecule has 0 bridgehead atoms. The summed E-state index contributed by atoms with van der Waals surface area (Å²) in [5, 5.41) is 23.5. The van der Waals surface area contributed by atoms with Crippen molar-refractivity contribution in [3.05, 3.63) is 12.2 Å². The first-order chi connectivity index (χ1) is 41.5. The van der Waals surface area contributed by atoms with Crippen molar-refractivity contribution in [3.8, 4) is 0 Å². The molecule has 0 aliphatic carbocycles. The van der Waals surface area contributed by atoms with Crippen LogP contribution in [0.15, 0.2) is 12.2 Å². The van der Waals surface area contributed by atoms with Gasteiger partial charge in [0.1, 0.15) is 0 Å². The van der Waals surface area contributed by atoms with E-state index in [-0.39, 0.29) is 18.5 Å². The number of rotatable bonds is 74. The third kappa shape index (κ3) is 69.7. The van der Waals surface area contributed by atoms with Gasteiger partial charge in [-0.15, -0.1) is 0 Å². The van der Waals surface area contributed by atoms with Gasteiger partial charge in [-0.05, 0) is 51.4 Å². The molecule has 0 fully saturated rings. The summed E-state index contributed by atoms with van der Waals surface area (Å²) < 4.78 is 5.50. The Bertz CT molecular complexity index is 1270. The van der Waals surface area contributed by atoms with Gasteiger partial charge in [0.05, 0.1) is 25.4 Å². The fraction of sp³-hybridized carbons (Fsp3) is 0.949. The van der Waals surface area contributed by atoms with Gasteiger partial charge in [-0.2, -0.15) is 0 Å². The Labute approximate surface area is 527 Å². The second kappa shape index (κ2) is 74.1. The van der Waals surface area contributed by atoms with Crippen molar-refractivity contribution in [2.24, 2.45) is 0 Å². The lowest BCUT2D eigenvalue weighted by Crippen LogP contribution is -2.45. The first kappa shape index (κ1) is 82.6. The Morgan fingerprint density at radius 1 is 0.321 bits per heavy atom. The number of hydrogen-bond donors (Lipinski definition) is 3. The molecule has 0 aromatic rings. The van der Waals surface area contributed by atoms with Crippen LogP contribution in [-0.2, 0) is 14.3 Å². The molecule has 0 saturated carbocycles. The molecule has 0 aliphatic heterocycles. The molecule has 0 saturated heterocycles. The third-order valence-corrected chi connectivity index (χ3v) is 18.6. The minimum absolute atomic E-state index is 0.0114. The Kier molecular flexibility index (Phi) is 72.8. The number of esters is 1. The highest BCUT2D eigenvalue weighted by Gasteiger charge is 2.20. The summed E-state index contributed by atoms with van der Waals surface area (Å²) in [7, 11) is 0. The van der Waals surface area contributed by atoms with Crippen LogP contribution in [-0.4, -0.2) is 47.4 Å². The van der Waals surface area contributed by atoms with Gasteiger partial charge in [0.2, 0.25) is 5.91 Å². The minimum atomic E-state index is -0.664. The van der Waals surface area contributed by atoms with E-state index in [1.807, 2.05) is 0 Å². The molecular formula is C78H153NO5. The molecule has 1 amide bonds. The van der Waals surface area contributed by atoms with Crippen molar-refractivity contribution in [3.63, 3.8) is 0 Å². The van der Waals surface area contributed by atoms with Gasteiger partial charge in [0.25, 0.3) is 0 Å². The van der Waals surface area contributed by atoms with Gasteiger partial charge in [-0.25, -0.2) is 0 Å². The molecule has 84 heavy (non-hydrogen) atoms. The smallest absolute Gasteiger partial charge is 0.305 e. The van der Waals surface area contributed by atoms with E-state index < -0.39 is 12.1 Å². The predicted molar refractivity (Wildman–Crippen MR) is 370 cm³/mol. The Morgan fingerprint density at radius 3 is 0.845 bits per heavy atom. The van der Waals surface area contributed by atoms with Crippen LogP contribution in [0.2, 0.25) is 0 Å². The van der Waals surface area contributed by atoms with Crippen molar-refractivity contribution >= 4 is 11.9 Å². The van der Waals surface area contributed by atoms with Crippen molar-refractivity contribution in [2.75, 3.05) is 13.2 Å². The molecule has 0 aromatic carbocycles. The number of carbonyl (C=O) groups excluding carboxylic acids is 2. The number of allylic oxidation sites excluding steroid dienone is 2. The summed E-state index contributed by atoms with van der Waals surface area (Å²) in [5.41, 5.74) is 0. The summed E-state index contributed by atoms with van der Waals surface area (Å²) in [5.74, 6) is -0.0153. The Balaban J connectivity index is 3.35. The number of ether oxygens (including phenoxy) is 1. The second-order valence-electron chi connectivity index (χ2n) is 27.0. The van der Waals surface area contributed by atoms with E-state index in [0.29, 0.717) is 25.9 Å². The molecular weight excluding hydrogens is 1030 g/mol. The maximum atomic E-state index is 12.6. The fourth-order valence-corrected chi connectivity index (χ4v) is 12.6. The van der Waals surface area contributed by atoms with E-state index in [4.69, 9.17) is 4.74 Å². The SMILES string of the molecule is CCCCCCCCC/C=C\CCCCCCCC(=O)OCCCCCCCCCCCCCCCCCCCCCCCCCCCCC(=O)NC(CO)C(O)CCCCCCCCCCCCCCCCCCCCCCCCCCC. The highest BCUT2D eigenvalue weighted by atomic mass is 16.5. The lowest BCUT2D eigenvalue weighted by atomic mass is 10.0. The zero-order valence-electron chi connectivity index (χ0n) is 57.4. The van der Waals surface area contributed by atoms with E-state index in [9.17, 15) is 19.8 Å². The summed E-state index contributed by atoms with van der Waals surface area (Å²) in [6.45, 7) is 5.00. The quantitative estimate of drug-likeness (QED) is 0.0320. The molecule has 0 aliphatic rings. The second-order valence-corrected chi connectivity index (χ2v) is 27.0. The van der Waals surface area contributed by atoms with Crippen molar-refractivity contribution in [2.45, 2.75) is 463 Å². The zero-order chi connectivity index (χ0) is 60.6. The first-order valence-corrected chi connectivity index (χ1v) is 38.9. The molecule has 0 heterocycles. The molecule has 0 rings (SSSR count). The minimum Gasteiger partial charge on any atom is -0.466 e. The number of unbranched alkanes of at least 4 members (excludes halogenated alkanes) is 61. The van der Waals surface area contributed by atoms with E-state index in [2.05, 4.69) is 31.3 Å². The topological polar surface area (TPSA) is 95.9 Å². The number of aliphatic hydroxyl groups is 2. The van der Waals surface area contributed by atoms with Crippen LogP contribution in [0.5, 0.6) is 0 Å². The molecule has 6 nitrogen and oxygen atoms in total. The molecule has 2 unspecified atom stereocenters. The molecule has 0 spiro atoms. The van der Waals surface area contributed by atoms with E-state index in [1.54, 1.807) is 0 Å². The van der Waals surface area contributed by atoms with Crippen molar-refractivity contribution in [1.29, 1.82) is 0 Å². The summed E-state index contributed by atoms with van der Waals surface area (Å²) in [4.78, 5) is 24.7. The van der Waals surface area contributed by atoms with Crippen LogP contribution in [0.4, 0.5) is 0 Å². The fourth-order valence-electron chi connectivity index (χ4n) is 12.6. The maximum absolute atomic E-state index is 12.6. The van der Waals surface area contributed by atoms with Crippen LogP contribution in [0, 0.1) is 0 Å². The van der Waals surface area contributed by atoms with Crippen molar-refractivity contribution < 1.29 is 24.5 Å². The monoisotopic (exact) mass is 1180 g/mol. The maximum Gasteiger partial charge on any atom is 0.305 e. The Hall–Kier alpha value is -1.40. The standard InChI is InChI=1S/C78H153NO5/c1-3-5-7-9-11-13-15-17-19-21-22-23-24-27-30-33-36-39-42-46-50-54-58-62-66-70-76(81)75(74-80)79-77(82)71-67-63-59-55-51-47-43-40-37-34-31-28-25-26-29-32-35-38-41-45-49-53-57-61-65-69-73-84-78(83)72-68-64-60-56-52-48-44-20-18-16-14-12-10-8-6-4-2/h20,44,75-76,80-81H,3-19,21-43,45-74H2,1-2H3,(H,79,82)/b44-20-. The van der Waals surface area contributed by atoms with Crippen LogP contribution in [0.1, 0.15) is 450 Å². The molecule has 2 atom stereocenters. The molecule has 0 radical (unpaired) electrons. The summed E-state index contributed by atoms with van der Waals surface area (Å²) in [6.07, 6.45) is 92.9. The average molecular weight is 1190 g/mol. The lowest BCUT2D eigenvalue weighted by Gasteiger charge is -2.22. The van der Waals surface area contributed by atoms with Gasteiger partial charge >= 0.3 is 5.97 Å². The number of carbonyl (C=O) groups is 2. The number of hydrogen-bond acceptors (Lipinski definition) is 5. The highest BCUT2D eigenvalue weighted by Crippen LogP contribution is 2.20. The van der Waals surface area contributed by atoms with Gasteiger partial charge in [-0.3, -0.25) is 9.59 Å². The van der Waals surface area contributed by atoms with E-state index >= 15 is 0 Å². The van der Waals surface area contributed by atoms with E-state index in [1.165, 1.54) is 372 Å². The summed E-state index contributed by atoms with van der Waals surface area (Å²) >= 11 is 0.